The lowest BCUT2D eigenvalue weighted by Crippen LogP contribution is -2.31. The Labute approximate surface area is 345 Å². The van der Waals surface area contributed by atoms with Crippen LogP contribution >= 0.6 is 15.6 Å². The average Bonchev–Trinajstić information content (AvgIpc) is 4.02. The van der Waals surface area contributed by atoms with Crippen molar-refractivity contribution in [3.63, 3.8) is 0 Å². The molecule has 23 nitrogen and oxygen atoms in total. The highest BCUT2D eigenvalue weighted by Crippen LogP contribution is 2.52. The van der Waals surface area contributed by atoms with Crippen molar-refractivity contribution in [1.29, 1.82) is 0 Å². The number of aliphatic hydroxyl groups is 2. The van der Waals surface area contributed by atoms with E-state index in [0.717, 1.165) is 15.7 Å². The number of aromatic nitrogens is 6. The third kappa shape index (κ3) is 9.69. The van der Waals surface area contributed by atoms with Crippen molar-refractivity contribution < 1.29 is 61.4 Å². The Morgan fingerprint density at radius 3 is 2.11 bits per heavy atom. The smallest absolute Gasteiger partial charge is 0.394 e. The number of nitrogen functional groups attached to an aromatic ring is 2. The summed E-state index contributed by atoms with van der Waals surface area (Å²) in [6.07, 6.45) is -7.34. The van der Waals surface area contributed by atoms with Gasteiger partial charge in [0.05, 0.1) is 38.4 Å². The van der Waals surface area contributed by atoms with Crippen LogP contribution in [0, 0.1) is 0 Å². The van der Waals surface area contributed by atoms with Gasteiger partial charge in [0.1, 0.15) is 48.8 Å². The first-order valence-electron chi connectivity index (χ1n) is 18.9. The van der Waals surface area contributed by atoms with Gasteiger partial charge in [-0.25, -0.2) is 18.9 Å². The summed E-state index contributed by atoms with van der Waals surface area (Å²) in [7, 11) is -9.94. The van der Waals surface area contributed by atoms with E-state index in [1.165, 1.54) is 23.2 Å². The first-order valence-corrected chi connectivity index (χ1v) is 21.9. The van der Waals surface area contributed by atoms with Crippen LogP contribution in [0.5, 0.6) is 0 Å². The molecule has 9 N–H and O–H groups in total. The minimum atomic E-state index is -4.97. The summed E-state index contributed by atoms with van der Waals surface area (Å²) >= 11 is 0. The fourth-order valence-corrected chi connectivity index (χ4v) is 9.35. The second-order valence-electron chi connectivity index (χ2n) is 14.5. The van der Waals surface area contributed by atoms with Gasteiger partial charge in [0, 0.05) is 25.5 Å². The molecule has 5 aromatic rings. The van der Waals surface area contributed by atoms with Crippen LogP contribution in [0.15, 0.2) is 82.8 Å². The van der Waals surface area contributed by atoms with Gasteiger partial charge in [-0.1, -0.05) is 54.6 Å². The van der Waals surface area contributed by atoms with E-state index in [-0.39, 0.29) is 42.2 Å². The number of phosphoric acid groups is 2. The van der Waals surface area contributed by atoms with Crippen LogP contribution in [0.4, 0.5) is 11.8 Å². The molecule has 25 heteroatoms. The van der Waals surface area contributed by atoms with Crippen LogP contribution in [0.2, 0.25) is 0 Å². The molecule has 0 bridgehead atoms. The van der Waals surface area contributed by atoms with Crippen molar-refractivity contribution in [2.45, 2.75) is 74.4 Å². The molecule has 0 spiro atoms. The molecule has 0 radical (unpaired) electrons. The number of rotatable bonds is 15. The van der Waals surface area contributed by atoms with E-state index in [1.807, 2.05) is 54.6 Å². The van der Waals surface area contributed by atoms with Gasteiger partial charge in [0.2, 0.25) is 5.95 Å². The Hall–Kier alpha value is -4.71. The molecular formula is C36H42N8O15P2. The van der Waals surface area contributed by atoms with Crippen molar-refractivity contribution in [1.82, 2.24) is 29.1 Å². The quantitative estimate of drug-likeness (QED) is 0.0735. The van der Waals surface area contributed by atoms with E-state index in [0.29, 0.717) is 5.56 Å². The number of H-pyrrole nitrogens is 1. The van der Waals surface area contributed by atoms with E-state index >= 15 is 0 Å². The van der Waals surface area contributed by atoms with Crippen molar-refractivity contribution in [2.75, 3.05) is 31.3 Å². The lowest BCUT2D eigenvalue weighted by Gasteiger charge is -2.24. The molecule has 3 aliphatic rings. The van der Waals surface area contributed by atoms with Crippen LogP contribution in [0.25, 0.3) is 22.3 Å². The van der Waals surface area contributed by atoms with Gasteiger partial charge >= 0.3 is 21.3 Å². The van der Waals surface area contributed by atoms with Crippen LogP contribution in [0.3, 0.4) is 0 Å². The molecule has 8 rings (SSSR count). The van der Waals surface area contributed by atoms with Gasteiger partial charge in [0.25, 0.3) is 5.56 Å². The number of aliphatic hydroxyl groups excluding tert-OH is 2. The van der Waals surface area contributed by atoms with E-state index in [1.54, 1.807) is 0 Å². The van der Waals surface area contributed by atoms with Gasteiger partial charge in [-0.2, -0.15) is 9.97 Å². The molecule has 3 aliphatic heterocycles. The first kappa shape index (κ1) is 43.0. The van der Waals surface area contributed by atoms with Crippen molar-refractivity contribution in [3.05, 3.63) is 99.6 Å². The zero-order valence-electron chi connectivity index (χ0n) is 31.9. The molecule has 0 amide bonds. The molecule has 6 heterocycles. The summed E-state index contributed by atoms with van der Waals surface area (Å²) in [5, 5.41) is 20.7. The number of ether oxygens (including phenoxy) is 3. The SMILES string of the molecule is Nc1ccn([C@H]2C[C@H](OP(=O)(O)OC[C@H]3O[C@@H](c4ccc(-c5ccccc5)cc4)C[C@@H]3OP(=O)(O)OC[C@H]3O[C@@H](n4cnc5c(=O)[nH]c(N)nc54)C[C@@H]3O)[C@@H](CO)O2)c(=O)n1. The number of nitrogens with one attached hydrogen (secondary N) is 1. The zero-order valence-corrected chi connectivity index (χ0v) is 33.7. The lowest BCUT2D eigenvalue weighted by atomic mass is 10.00. The molecule has 0 aliphatic carbocycles. The minimum Gasteiger partial charge on any atom is -0.394 e. The fourth-order valence-electron chi connectivity index (χ4n) is 7.43. The third-order valence-electron chi connectivity index (χ3n) is 10.4. The summed E-state index contributed by atoms with van der Waals surface area (Å²) in [5.74, 6) is -0.179. The molecule has 2 unspecified atom stereocenters. The number of hydrogen-bond acceptors (Lipinski definition) is 18. The van der Waals surface area contributed by atoms with Gasteiger partial charge < -0.3 is 45.7 Å². The molecule has 326 valence electrons. The second kappa shape index (κ2) is 17.6. The molecule has 3 saturated heterocycles. The highest BCUT2D eigenvalue weighted by Gasteiger charge is 2.46. The Bertz CT molecular complexity index is 2560. The highest BCUT2D eigenvalue weighted by atomic mass is 31.2. The molecule has 2 aromatic carbocycles. The Morgan fingerprint density at radius 2 is 1.43 bits per heavy atom. The van der Waals surface area contributed by atoms with Crippen LogP contribution < -0.4 is 22.7 Å². The van der Waals surface area contributed by atoms with Crippen LogP contribution in [-0.2, 0) is 41.4 Å². The number of fused-ring (bicyclic) bond motifs is 1. The topological polar surface area (TPSA) is 330 Å². The molecule has 11 atom stereocenters. The number of hydrogen-bond donors (Lipinski definition) is 7. The predicted octanol–water partition coefficient (Wildman–Crippen LogP) is 1.67. The number of nitrogens with zero attached hydrogens (tertiary/aromatic N) is 5. The minimum absolute atomic E-state index is 0.00665. The highest BCUT2D eigenvalue weighted by molar-refractivity contribution is 7.47. The molecule has 3 fully saturated rings. The maximum Gasteiger partial charge on any atom is 0.472 e. The largest absolute Gasteiger partial charge is 0.472 e. The molecule has 0 saturated carbocycles. The first-order chi connectivity index (χ1) is 29.1. The fraction of sp³-hybridized carbons (Fsp3) is 0.417. The summed E-state index contributed by atoms with van der Waals surface area (Å²) < 4.78 is 68.8. The molecular weight excluding hydrogens is 846 g/mol. The van der Waals surface area contributed by atoms with E-state index in [4.69, 9.17) is 43.8 Å². The van der Waals surface area contributed by atoms with Crippen molar-refractivity contribution in [2.24, 2.45) is 0 Å². The normalized spacial score (nSPS) is 28.6. The number of aromatic amines is 1. The Balaban J connectivity index is 0.939. The van der Waals surface area contributed by atoms with Crippen molar-refractivity contribution >= 4 is 38.6 Å². The predicted molar refractivity (Wildman–Crippen MR) is 211 cm³/mol. The number of phosphoric ester groups is 2. The van der Waals surface area contributed by atoms with Gasteiger partial charge in [-0.05, 0) is 22.8 Å². The van der Waals surface area contributed by atoms with Crippen LogP contribution in [0.1, 0.15) is 43.4 Å². The third-order valence-corrected chi connectivity index (χ3v) is 12.4. The van der Waals surface area contributed by atoms with E-state index in [9.17, 15) is 38.7 Å². The van der Waals surface area contributed by atoms with Gasteiger partial charge in [0.15, 0.2) is 11.2 Å². The summed E-state index contributed by atoms with van der Waals surface area (Å²) in [4.78, 5) is 60.5. The standard InChI is InChI=1S/C36H42N8O15P2/c37-29-10-11-43(36(48)40-29)31-14-25(26(15-45)56-31)59-61(51,52)54-17-28-24(13-23(55-28)21-8-6-20(7-9-21)19-4-2-1-3-5-19)58-60(49,50)53-16-27-22(46)12-30(57-27)44-18-39-32-33(44)41-35(38)42-34(32)47/h1-11,18,22-28,30-31,45-46H,12-17H2,(H,49,50)(H,51,52)(H2,37,40,48)(H3,38,41,42,47)/t22-,23+,24-,25-,26+,27+,28+,30+,31+/m0/s1. The van der Waals surface area contributed by atoms with Crippen LogP contribution in [-0.4, -0.2) is 106 Å². The maximum atomic E-state index is 13.5. The summed E-state index contributed by atoms with van der Waals surface area (Å²) in [5.41, 5.74) is 12.6. The van der Waals surface area contributed by atoms with Crippen molar-refractivity contribution in [3.8, 4) is 11.1 Å². The van der Waals surface area contributed by atoms with Gasteiger partial charge in [-0.15, -0.1) is 0 Å². The number of imidazole rings is 1. The Morgan fingerprint density at radius 1 is 0.787 bits per heavy atom. The maximum absolute atomic E-state index is 13.5. The number of nitrogens with two attached hydrogens (primary N) is 2. The second-order valence-corrected chi connectivity index (χ2v) is 17.3. The summed E-state index contributed by atoms with van der Waals surface area (Å²) in [6, 6.07) is 18.4. The molecule has 3 aromatic heterocycles. The number of anilines is 2. The number of benzene rings is 2. The zero-order chi connectivity index (χ0) is 43.1. The average molecular weight is 889 g/mol. The summed E-state index contributed by atoms with van der Waals surface area (Å²) in [6.45, 7) is -1.92. The van der Waals surface area contributed by atoms with E-state index < -0.39 is 102 Å². The molecule has 61 heavy (non-hydrogen) atoms. The van der Waals surface area contributed by atoms with E-state index in [2.05, 4.69) is 19.9 Å². The lowest BCUT2D eigenvalue weighted by molar-refractivity contribution is -0.0552. The monoisotopic (exact) mass is 888 g/mol. The van der Waals surface area contributed by atoms with Gasteiger partial charge in [-0.3, -0.25) is 37.0 Å². The Kier molecular flexibility index (Phi) is 12.4.